The summed E-state index contributed by atoms with van der Waals surface area (Å²) in [5, 5.41) is -0.759. The first-order chi connectivity index (χ1) is 8.45. The maximum atomic E-state index is 11.8. The highest BCUT2D eigenvalue weighted by atomic mass is 32.2. The lowest BCUT2D eigenvalue weighted by Gasteiger charge is -2.04. The van der Waals surface area contributed by atoms with Crippen molar-refractivity contribution in [3.8, 4) is 0 Å². The quantitative estimate of drug-likeness (QED) is 0.479. The minimum Gasteiger partial charge on any atom is -0.287 e. The number of hydrogen-bond donors (Lipinski definition) is 0. The van der Waals surface area contributed by atoms with Gasteiger partial charge in [0.25, 0.3) is 0 Å². The van der Waals surface area contributed by atoms with Gasteiger partial charge in [-0.15, -0.1) is 0 Å². The highest BCUT2D eigenvalue weighted by Gasteiger charge is 2.31. The maximum Gasteiger partial charge on any atom is 0.449 e. The molecule has 0 aromatic rings. The number of alkyl halides is 3. The van der Waals surface area contributed by atoms with Crippen LogP contribution in [0.25, 0.3) is 0 Å². The molecule has 0 N–H and O–H groups in total. The van der Waals surface area contributed by atoms with Crippen molar-refractivity contribution in [2.45, 2.75) is 76.6 Å². The molecule has 0 spiro atoms. The van der Waals surface area contributed by atoms with Crippen molar-refractivity contribution in [2.75, 3.05) is 0 Å². The van der Waals surface area contributed by atoms with Crippen LogP contribution in [-0.4, -0.2) is 10.6 Å². The third kappa shape index (κ3) is 13.9. The average Bonchev–Trinajstić information content (AvgIpc) is 2.24. The molecule has 0 aliphatic rings. The van der Waals surface area contributed by atoms with E-state index >= 15 is 0 Å². The first kappa shape index (κ1) is 17.8. The Morgan fingerprint density at radius 1 is 0.889 bits per heavy atom. The van der Waals surface area contributed by atoms with Crippen LogP contribution in [0.5, 0.6) is 0 Å². The van der Waals surface area contributed by atoms with E-state index < -0.39 is 22.4 Å². The van der Waals surface area contributed by atoms with Crippen LogP contribution in [0, 0.1) is 0 Å². The molecule has 0 saturated heterocycles. The van der Waals surface area contributed by atoms with E-state index in [0.29, 0.717) is 6.42 Å². The van der Waals surface area contributed by atoms with Gasteiger partial charge in [-0.2, -0.15) is 13.2 Å². The van der Waals surface area contributed by atoms with Crippen LogP contribution in [0.2, 0.25) is 0 Å². The number of thioether (sulfide) groups is 1. The van der Waals surface area contributed by atoms with Crippen LogP contribution in [0.15, 0.2) is 0 Å². The van der Waals surface area contributed by atoms with E-state index in [0.717, 1.165) is 19.3 Å². The van der Waals surface area contributed by atoms with E-state index in [1.54, 1.807) is 0 Å². The van der Waals surface area contributed by atoms with Gasteiger partial charge in [0.05, 0.1) is 0 Å². The van der Waals surface area contributed by atoms with Gasteiger partial charge < -0.3 is 0 Å². The number of rotatable bonds is 10. The summed E-state index contributed by atoms with van der Waals surface area (Å²) >= 11 is -0.505. The summed E-state index contributed by atoms with van der Waals surface area (Å²) in [6, 6.07) is 0. The van der Waals surface area contributed by atoms with E-state index in [1.807, 2.05) is 0 Å². The van der Waals surface area contributed by atoms with Crippen molar-refractivity contribution in [1.29, 1.82) is 0 Å². The zero-order chi connectivity index (χ0) is 13.9. The van der Waals surface area contributed by atoms with Gasteiger partial charge in [0, 0.05) is 18.2 Å². The van der Waals surface area contributed by atoms with Gasteiger partial charge in [0.1, 0.15) is 0 Å². The highest BCUT2D eigenvalue weighted by molar-refractivity contribution is 8.14. The van der Waals surface area contributed by atoms with Gasteiger partial charge in [-0.05, 0) is 6.42 Å². The molecular weight excluding hydrogens is 261 g/mol. The van der Waals surface area contributed by atoms with Gasteiger partial charge in [0.15, 0.2) is 5.12 Å². The van der Waals surface area contributed by atoms with E-state index in [1.165, 1.54) is 32.1 Å². The Hall–Kier alpha value is -0.190. The van der Waals surface area contributed by atoms with E-state index in [-0.39, 0.29) is 6.42 Å². The highest BCUT2D eigenvalue weighted by Crippen LogP contribution is 2.32. The number of carbonyl (C=O) groups excluding carboxylic acids is 1. The van der Waals surface area contributed by atoms with Crippen molar-refractivity contribution in [3.63, 3.8) is 0 Å². The number of unbranched alkanes of at least 4 members (excludes halogenated alkanes) is 8. The van der Waals surface area contributed by atoms with Gasteiger partial charge >= 0.3 is 5.51 Å². The summed E-state index contributed by atoms with van der Waals surface area (Å²) in [7, 11) is 0. The monoisotopic (exact) mass is 284 g/mol. The van der Waals surface area contributed by atoms with Crippen molar-refractivity contribution in [3.05, 3.63) is 0 Å². The molecule has 108 valence electrons. The second-order valence-electron chi connectivity index (χ2n) is 4.50. The van der Waals surface area contributed by atoms with E-state index in [2.05, 4.69) is 6.92 Å². The Balaban J connectivity index is 3.23. The smallest absolute Gasteiger partial charge is 0.287 e. The molecule has 18 heavy (non-hydrogen) atoms. The van der Waals surface area contributed by atoms with E-state index in [9.17, 15) is 18.0 Å². The summed E-state index contributed by atoms with van der Waals surface area (Å²) in [5.41, 5.74) is -4.42. The van der Waals surface area contributed by atoms with Crippen LogP contribution in [-0.2, 0) is 4.79 Å². The molecule has 0 atom stereocenters. The topological polar surface area (TPSA) is 17.1 Å². The molecule has 1 nitrogen and oxygen atoms in total. The standard InChI is InChI=1S/C13H23F3OS/c1-2-3-4-5-6-7-8-9-10-11-12(17)18-13(14,15)16/h2-11H2,1H3. The molecule has 0 unspecified atom stereocenters. The molecule has 5 heteroatoms. The van der Waals surface area contributed by atoms with E-state index in [4.69, 9.17) is 0 Å². The number of halogens is 3. The third-order valence-electron chi connectivity index (χ3n) is 2.71. The van der Waals surface area contributed by atoms with Crippen molar-refractivity contribution < 1.29 is 18.0 Å². The fourth-order valence-electron chi connectivity index (χ4n) is 1.76. The molecule has 0 aliphatic carbocycles. The van der Waals surface area contributed by atoms with Gasteiger partial charge in [0.2, 0.25) is 0 Å². The van der Waals surface area contributed by atoms with Crippen molar-refractivity contribution >= 4 is 16.9 Å². The van der Waals surface area contributed by atoms with Gasteiger partial charge in [-0.1, -0.05) is 58.3 Å². The third-order valence-corrected chi connectivity index (χ3v) is 3.38. The number of hydrogen-bond acceptors (Lipinski definition) is 2. The second-order valence-corrected chi connectivity index (χ2v) is 5.62. The van der Waals surface area contributed by atoms with Crippen LogP contribution < -0.4 is 0 Å². The SMILES string of the molecule is CCCCCCCCCCCC(=O)SC(F)(F)F. The molecule has 0 aromatic heterocycles. The Morgan fingerprint density at radius 2 is 1.33 bits per heavy atom. The maximum absolute atomic E-state index is 11.8. The van der Waals surface area contributed by atoms with Crippen LogP contribution >= 0.6 is 11.8 Å². The first-order valence-corrected chi connectivity index (χ1v) is 7.56. The lowest BCUT2D eigenvalue weighted by atomic mass is 10.1. The van der Waals surface area contributed by atoms with Gasteiger partial charge in [-0.25, -0.2) is 0 Å². The molecule has 0 saturated carbocycles. The molecule has 0 fully saturated rings. The Morgan fingerprint density at radius 3 is 1.78 bits per heavy atom. The fraction of sp³-hybridized carbons (Fsp3) is 0.923. The zero-order valence-corrected chi connectivity index (χ0v) is 11.8. The zero-order valence-electron chi connectivity index (χ0n) is 11.0. The van der Waals surface area contributed by atoms with Crippen molar-refractivity contribution in [2.24, 2.45) is 0 Å². The molecule has 0 heterocycles. The molecular formula is C13H23F3OS. The predicted octanol–water partition coefficient (Wildman–Crippen LogP) is 5.69. The van der Waals surface area contributed by atoms with Crippen LogP contribution in [0.4, 0.5) is 13.2 Å². The lowest BCUT2D eigenvalue weighted by Crippen LogP contribution is -2.06. The minimum absolute atomic E-state index is 0.0417. The fourth-order valence-corrected chi connectivity index (χ4v) is 2.26. The predicted molar refractivity (Wildman–Crippen MR) is 70.5 cm³/mol. The molecule has 0 radical (unpaired) electrons. The minimum atomic E-state index is -4.42. The molecule has 0 rings (SSSR count). The normalized spacial score (nSPS) is 11.8. The molecule has 0 bridgehead atoms. The Kier molecular flexibility index (Phi) is 10.6. The average molecular weight is 284 g/mol. The first-order valence-electron chi connectivity index (χ1n) is 6.74. The Labute approximate surface area is 112 Å². The number of carbonyl (C=O) groups is 1. The molecule has 0 aliphatic heterocycles. The summed E-state index contributed by atoms with van der Waals surface area (Å²) in [6.07, 6.45) is 9.87. The largest absolute Gasteiger partial charge is 0.449 e. The van der Waals surface area contributed by atoms with Crippen LogP contribution in [0.1, 0.15) is 71.1 Å². The lowest BCUT2D eigenvalue weighted by molar-refractivity contribution is -0.112. The Bertz CT molecular complexity index is 217. The summed E-state index contributed by atoms with van der Waals surface area (Å²) < 4.78 is 35.5. The second kappa shape index (κ2) is 10.7. The van der Waals surface area contributed by atoms with Gasteiger partial charge in [-0.3, -0.25) is 4.79 Å². The summed E-state index contributed by atoms with van der Waals surface area (Å²) in [4.78, 5) is 10.9. The van der Waals surface area contributed by atoms with Crippen molar-refractivity contribution in [1.82, 2.24) is 0 Å². The van der Waals surface area contributed by atoms with Crippen LogP contribution in [0.3, 0.4) is 0 Å². The molecule has 0 aromatic carbocycles. The summed E-state index contributed by atoms with van der Waals surface area (Å²) in [5.74, 6) is 0. The summed E-state index contributed by atoms with van der Waals surface area (Å²) in [6.45, 7) is 2.18. The molecule has 0 amide bonds.